The summed E-state index contributed by atoms with van der Waals surface area (Å²) >= 11 is 0. The Kier molecular flexibility index (Phi) is 5.79. The summed E-state index contributed by atoms with van der Waals surface area (Å²) in [4.78, 5) is 15.0. The minimum absolute atomic E-state index is 0.156. The summed E-state index contributed by atoms with van der Waals surface area (Å²) in [6.45, 7) is 1.70. The lowest BCUT2D eigenvalue weighted by atomic mass is 9.97. The largest absolute Gasteiger partial charge is 0.339 e. The summed E-state index contributed by atoms with van der Waals surface area (Å²) < 4.78 is 25.1. The Morgan fingerprint density at radius 3 is 2.56 bits per heavy atom. The topological polar surface area (TPSA) is 57.7 Å². The summed E-state index contributed by atoms with van der Waals surface area (Å²) in [6, 6.07) is 10.7. The van der Waals surface area contributed by atoms with E-state index in [0.717, 1.165) is 45.1 Å². The van der Waals surface area contributed by atoms with Gasteiger partial charge < -0.3 is 4.90 Å². The first-order chi connectivity index (χ1) is 11.9. The van der Waals surface area contributed by atoms with Crippen LogP contribution in [-0.2, 0) is 21.2 Å². The fraction of sp³-hybridized carbons (Fsp3) is 0.632. The van der Waals surface area contributed by atoms with E-state index in [4.69, 9.17) is 0 Å². The van der Waals surface area contributed by atoms with E-state index in [1.54, 1.807) is 0 Å². The number of nitrogens with zero attached hydrogens (tertiary/aromatic N) is 2. The van der Waals surface area contributed by atoms with E-state index in [9.17, 15) is 13.2 Å². The van der Waals surface area contributed by atoms with Crippen molar-refractivity contribution >= 4 is 15.9 Å². The number of hydrogen-bond donors (Lipinski definition) is 0. The zero-order valence-corrected chi connectivity index (χ0v) is 15.7. The number of aryl methyl sites for hydroxylation is 1. The Morgan fingerprint density at radius 2 is 1.84 bits per heavy atom. The molecule has 2 aliphatic rings. The Morgan fingerprint density at radius 1 is 1.12 bits per heavy atom. The summed E-state index contributed by atoms with van der Waals surface area (Å²) in [7, 11) is -3.21. The molecule has 0 radical (unpaired) electrons. The van der Waals surface area contributed by atoms with Crippen LogP contribution in [0.4, 0.5) is 0 Å². The highest BCUT2D eigenvalue weighted by molar-refractivity contribution is 7.88. The minimum Gasteiger partial charge on any atom is -0.339 e. The molecule has 0 bridgehead atoms. The van der Waals surface area contributed by atoms with Crippen molar-refractivity contribution in [1.82, 2.24) is 9.21 Å². The number of benzene rings is 1. The van der Waals surface area contributed by atoms with Gasteiger partial charge >= 0.3 is 0 Å². The van der Waals surface area contributed by atoms with Gasteiger partial charge in [-0.3, -0.25) is 4.79 Å². The Balaban J connectivity index is 1.60. The number of sulfonamides is 1. The van der Waals surface area contributed by atoms with E-state index in [-0.39, 0.29) is 11.8 Å². The lowest BCUT2D eigenvalue weighted by Crippen LogP contribution is -2.47. The van der Waals surface area contributed by atoms with E-state index in [0.29, 0.717) is 19.1 Å². The van der Waals surface area contributed by atoms with E-state index in [1.165, 1.54) is 16.1 Å². The average Bonchev–Trinajstić information content (AvgIpc) is 3.08. The predicted molar refractivity (Wildman–Crippen MR) is 98.6 cm³/mol. The average molecular weight is 365 g/mol. The maximum Gasteiger partial charge on any atom is 0.227 e. The van der Waals surface area contributed by atoms with Gasteiger partial charge in [0.05, 0.1) is 12.2 Å². The van der Waals surface area contributed by atoms with Crippen molar-refractivity contribution < 1.29 is 13.2 Å². The smallest absolute Gasteiger partial charge is 0.227 e. The van der Waals surface area contributed by atoms with E-state index >= 15 is 0 Å². The molecule has 2 unspecified atom stereocenters. The van der Waals surface area contributed by atoms with Crippen LogP contribution >= 0.6 is 0 Å². The fourth-order valence-electron chi connectivity index (χ4n) is 4.08. The Labute approximate surface area is 151 Å². The third-order valence-corrected chi connectivity index (χ3v) is 6.74. The highest BCUT2D eigenvalue weighted by Crippen LogP contribution is 2.27. The molecule has 0 N–H and O–H groups in total. The van der Waals surface area contributed by atoms with Crippen LogP contribution in [0.2, 0.25) is 0 Å². The molecule has 2 fully saturated rings. The normalized spacial score (nSPS) is 25.2. The molecule has 1 aromatic carbocycles. The Bertz CT molecular complexity index is 690. The number of amides is 1. The maximum atomic E-state index is 13.0. The van der Waals surface area contributed by atoms with Crippen molar-refractivity contribution in [2.45, 2.75) is 44.6 Å². The highest BCUT2D eigenvalue weighted by atomic mass is 32.2. The lowest BCUT2D eigenvalue weighted by molar-refractivity contribution is -0.137. The molecule has 2 aliphatic heterocycles. The second kappa shape index (κ2) is 7.87. The maximum absolute atomic E-state index is 13.0. The van der Waals surface area contributed by atoms with Crippen molar-refractivity contribution in [3.63, 3.8) is 0 Å². The first kappa shape index (κ1) is 18.4. The fourth-order valence-corrected chi connectivity index (χ4v) is 5.00. The number of rotatable bonds is 5. The van der Waals surface area contributed by atoms with Crippen LogP contribution in [0.15, 0.2) is 30.3 Å². The van der Waals surface area contributed by atoms with Gasteiger partial charge in [0.25, 0.3) is 0 Å². The number of piperidine rings is 1. The third kappa shape index (κ3) is 4.61. The molecule has 0 aliphatic carbocycles. The molecule has 2 heterocycles. The van der Waals surface area contributed by atoms with Gasteiger partial charge in [-0.25, -0.2) is 12.7 Å². The molecule has 3 rings (SSSR count). The molecule has 0 spiro atoms. The molecule has 0 saturated carbocycles. The third-order valence-electron chi connectivity index (χ3n) is 5.47. The predicted octanol–water partition coefficient (Wildman–Crippen LogP) is 2.28. The summed E-state index contributed by atoms with van der Waals surface area (Å²) in [6.07, 6.45) is 6.87. The first-order valence-corrected chi connectivity index (χ1v) is 11.1. The van der Waals surface area contributed by atoms with Gasteiger partial charge in [-0.2, -0.15) is 0 Å². The number of carbonyl (C=O) groups is 1. The molecule has 138 valence electrons. The van der Waals surface area contributed by atoms with Gasteiger partial charge in [-0.15, -0.1) is 0 Å². The van der Waals surface area contributed by atoms with Crippen molar-refractivity contribution in [1.29, 1.82) is 0 Å². The summed E-state index contributed by atoms with van der Waals surface area (Å²) in [5.74, 6) is -0.0234. The van der Waals surface area contributed by atoms with Crippen LogP contribution in [0, 0.1) is 5.92 Å². The van der Waals surface area contributed by atoms with Gasteiger partial charge in [0.15, 0.2) is 0 Å². The molecular formula is C19H28N2O3S. The van der Waals surface area contributed by atoms with Crippen LogP contribution in [0.5, 0.6) is 0 Å². The van der Waals surface area contributed by atoms with E-state index < -0.39 is 10.0 Å². The molecule has 0 aromatic heterocycles. The number of carbonyl (C=O) groups excluding carboxylic acids is 1. The van der Waals surface area contributed by atoms with Gasteiger partial charge in [-0.1, -0.05) is 30.3 Å². The molecule has 1 amide bonds. The molecular weight excluding hydrogens is 336 g/mol. The molecule has 5 nitrogen and oxygen atoms in total. The molecule has 2 atom stereocenters. The number of hydrogen-bond acceptors (Lipinski definition) is 3. The van der Waals surface area contributed by atoms with Crippen molar-refractivity contribution in [2.75, 3.05) is 25.9 Å². The van der Waals surface area contributed by atoms with E-state index in [2.05, 4.69) is 24.3 Å². The molecule has 6 heteroatoms. The van der Waals surface area contributed by atoms with Crippen molar-refractivity contribution in [3.05, 3.63) is 35.9 Å². The zero-order chi connectivity index (χ0) is 17.9. The zero-order valence-electron chi connectivity index (χ0n) is 14.9. The van der Waals surface area contributed by atoms with Gasteiger partial charge in [0, 0.05) is 25.7 Å². The molecule has 25 heavy (non-hydrogen) atoms. The molecule has 2 saturated heterocycles. The van der Waals surface area contributed by atoms with Crippen LogP contribution < -0.4 is 0 Å². The highest BCUT2D eigenvalue weighted by Gasteiger charge is 2.36. The van der Waals surface area contributed by atoms with Gasteiger partial charge in [0.2, 0.25) is 15.9 Å². The lowest BCUT2D eigenvalue weighted by Gasteiger charge is -2.34. The second-order valence-corrected chi connectivity index (χ2v) is 9.29. The summed E-state index contributed by atoms with van der Waals surface area (Å²) in [5.41, 5.74) is 1.31. The molecule has 1 aromatic rings. The quantitative estimate of drug-likeness (QED) is 0.805. The minimum atomic E-state index is -3.21. The summed E-state index contributed by atoms with van der Waals surface area (Å²) in [5, 5.41) is 0. The van der Waals surface area contributed by atoms with Crippen molar-refractivity contribution in [2.24, 2.45) is 5.92 Å². The van der Waals surface area contributed by atoms with Crippen LogP contribution in [0.1, 0.15) is 37.7 Å². The van der Waals surface area contributed by atoms with Crippen LogP contribution in [-0.4, -0.2) is 55.5 Å². The van der Waals surface area contributed by atoms with Crippen LogP contribution in [0.3, 0.4) is 0 Å². The Hall–Kier alpha value is -1.40. The van der Waals surface area contributed by atoms with E-state index in [1.807, 2.05) is 11.0 Å². The standard InChI is InChI=1S/C19H28N2O3S/c1-25(23,24)20-13-5-9-17(15-20)19(22)21-14-6-10-18(21)12-11-16-7-3-2-4-8-16/h2-4,7-8,17-18H,5-6,9-15H2,1H3. The van der Waals surface area contributed by atoms with Gasteiger partial charge in [-0.05, 0) is 44.1 Å². The SMILES string of the molecule is CS(=O)(=O)N1CCCC(C(=O)N2CCCC2CCc2ccccc2)C1. The van der Waals surface area contributed by atoms with Crippen LogP contribution in [0.25, 0.3) is 0 Å². The number of likely N-dealkylation sites (tertiary alicyclic amines) is 1. The second-order valence-electron chi connectivity index (χ2n) is 7.31. The first-order valence-electron chi connectivity index (χ1n) is 9.24. The monoisotopic (exact) mass is 364 g/mol. The van der Waals surface area contributed by atoms with Crippen molar-refractivity contribution in [3.8, 4) is 0 Å². The van der Waals surface area contributed by atoms with Gasteiger partial charge in [0.1, 0.15) is 0 Å².